The van der Waals surface area contributed by atoms with Crippen LogP contribution in [0.4, 0.5) is 5.13 Å². The van der Waals surface area contributed by atoms with E-state index in [-0.39, 0.29) is 18.5 Å². The van der Waals surface area contributed by atoms with E-state index in [9.17, 15) is 4.79 Å². The van der Waals surface area contributed by atoms with Crippen LogP contribution >= 0.6 is 11.3 Å². The number of ether oxygens (including phenoxy) is 2. The molecule has 0 atom stereocenters. The molecule has 0 saturated heterocycles. The highest BCUT2D eigenvalue weighted by molar-refractivity contribution is 7.13. The van der Waals surface area contributed by atoms with Crippen LogP contribution in [0.5, 0.6) is 5.75 Å². The molecular weight excluding hydrogens is 374 g/mol. The summed E-state index contributed by atoms with van der Waals surface area (Å²) >= 11 is 1.39. The van der Waals surface area contributed by atoms with Gasteiger partial charge in [0.1, 0.15) is 5.75 Å². The Bertz CT molecular complexity index is 982. The van der Waals surface area contributed by atoms with E-state index in [2.05, 4.69) is 21.6 Å². The molecular formula is C21H23N3O3S. The Balaban J connectivity index is 1.77. The standard InChI is InChI=1S/C21H23N3O3S/c1-4-26-20(25)11-16-13-28-21(23-16)24-22-12-18-17-8-6-5-7-15(17)9-10-19(18)27-14(2)3/h5-10,12-14H,4,11H2,1-3H3,(H,23,24). The van der Waals surface area contributed by atoms with E-state index in [1.54, 1.807) is 13.1 Å². The number of rotatable bonds is 8. The van der Waals surface area contributed by atoms with Crippen LogP contribution in [0.3, 0.4) is 0 Å². The van der Waals surface area contributed by atoms with Crippen molar-refractivity contribution in [1.29, 1.82) is 0 Å². The number of hydrogen-bond donors (Lipinski definition) is 1. The average Bonchev–Trinajstić information content (AvgIpc) is 3.10. The number of hydrazone groups is 1. The zero-order valence-corrected chi connectivity index (χ0v) is 17.0. The van der Waals surface area contributed by atoms with Crippen molar-refractivity contribution in [1.82, 2.24) is 4.98 Å². The first-order valence-corrected chi connectivity index (χ1v) is 10.0. The summed E-state index contributed by atoms with van der Waals surface area (Å²) < 4.78 is 10.9. The summed E-state index contributed by atoms with van der Waals surface area (Å²) in [5, 5.41) is 8.95. The van der Waals surface area contributed by atoms with Gasteiger partial charge in [0.25, 0.3) is 0 Å². The van der Waals surface area contributed by atoms with Gasteiger partial charge in [-0.3, -0.25) is 10.2 Å². The fraction of sp³-hybridized carbons (Fsp3) is 0.286. The highest BCUT2D eigenvalue weighted by Crippen LogP contribution is 2.27. The largest absolute Gasteiger partial charge is 0.490 e. The lowest BCUT2D eigenvalue weighted by Gasteiger charge is -2.14. The number of carbonyl (C=O) groups is 1. The van der Waals surface area contributed by atoms with Gasteiger partial charge in [0, 0.05) is 10.9 Å². The number of thiazole rings is 1. The van der Waals surface area contributed by atoms with Gasteiger partial charge in [-0.25, -0.2) is 4.98 Å². The van der Waals surface area contributed by atoms with Gasteiger partial charge in [-0.05, 0) is 37.6 Å². The molecule has 0 aliphatic heterocycles. The van der Waals surface area contributed by atoms with E-state index in [1.165, 1.54) is 11.3 Å². The summed E-state index contributed by atoms with van der Waals surface area (Å²) in [6, 6.07) is 12.1. The Kier molecular flexibility index (Phi) is 6.60. The molecule has 0 aliphatic carbocycles. The minimum absolute atomic E-state index is 0.0608. The second-order valence-corrected chi connectivity index (χ2v) is 7.22. The number of esters is 1. The fourth-order valence-corrected chi connectivity index (χ4v) is 3.38. The molecule has 6 nitrogen and oxygen atoms in total. The molecule has 3 aromatic rings. The van der Waals surface area contributed by atoms with Crippen molar-refractivity contribution in [3.63, 3.8) is 0 Å². The zero-order chi connectivity index (χ0) is 19.9. The molecule has 7 heteroatoms. The predicted molar refractivity (Wildman–Crippen MR) is 113 cm³/mol. The molecule has 28 heavy (non-hydrogen) atoms. The molecule has 1 aromatic heterocycles. The number of aromatic nitrogens is 1. The first-order chi connectivity index (χ1) is 13.6. The van der Waals surface area contributed by atoms with Crippen LogP contribution in [0, 0.1) is 0 Å². The second kappa shape index (κ2) is 9.32. The van der Waals surface area contributed by atoms with Crippen molar-refractivity contribution in [2.24, 2.45) is 5.10 Å². The van der Waals surface area contributed by atoms with Crippen LogP contribution in [0.1, 0.15) is 32.0 Å². The van der Waals surface area contributed by atoms with Crippen molar-refractivity contribution in [2.45, 2.75) is 33.3 Å². The van der Waals surface area contributed by atoms with Crippen LogP contribution in [0.15, 0.2) is 46.9 Å². The molecule has 0 saturated carbocycles. The van der Waals surface area contributed by atoms with Crippen molar-refractivity contribution >= 4 is 39.4 Å². The molecule has 3 rings (SSSR count). The van der Waals surface area contributed by atoms with E-state index in [1.807, 2.05) is 49.6 Å². The van der Waals surface area contributed by atoms with E-state index in [0.717, 1.165) is 22.1 Å². The Morgan fingerprint density at radius 1 is 1.29 bits per heavy atom. The molecule has 0 amide bonds. The van der Waals surface area contributed by atoms with Gasteiger partial charge < -0.3 is 9.47 Å². The van der Waals surface area contributed by atoms with Gasteiger partial charge in [0.15, 0.2) is 0 Å². The molecule has 0 unspecified atom stereocenters. The molecule has 0 bridgehead atoms. The molecule has 0 aliphatic rings. The highest BCUT2D eigenvalue weighted by Gasteiger charge is 2.10. The third-order valence-electron chi connectivity index (χ3n) is 3.83. The number of fused-ring (bicyclic) bond motifs is 1. The van der Waals surface area contributed by atoms with Gasteiger partial charge in [-0.2, -0.15) is 5.10 Å². The molecule has 1 heterocycles. The average molecular weight is 398 g/mol. The summed E-state index contributed by atoms with van der Waals surface area (Å²) in [5.74, 6) is 0.496. The van der Waals surface area contributed by atoms with Gasteiger partial charge in [-0.15, -0.1) is 11.3 Å². The zero-order valence-electron chi connectivity index (χ0n) is 16.1. The number of hydrogen-bond acceptors (Lipinski definition) is 7. The lowest BCUT2D eigenvalue weighted by molar-refractivity contribution is -0.142. The second-order valence-electron chi connectivity index (χ2n) is 6.36. The molecule has 0 spiro atoms. The van der Waals surface area contributed by atoms with Gasteiger partial charge >= 0.3 is 5.97 Å². The van der Waals surface area contributed by atoms with Crippen molar-refractivity contribution in [3.05, 3.63) is 53.0 Å². The topological polar surface area (TPSA) is 72.8 Å². The lowest BCUT2D eigenvalue weighted by atomic mass is 10.0. The fourth-order valence-electron chi connectivity index (χ4n) is 2.72. The van der Waals surface area contributed by atoms with Crippen molar-refractivity contribution < 1.29 is 14.3 Å². The van der Waals surface area contributed by atoms with E-state index < -0.39 is 0 Å². The normalized spacial score (nSPS) is 11.3. The minimum Gasteiger partial charge on any atom is -0.490 e. The third-order valence-corrected chi connectivity index (χ3v) is 4.63. The number of anilines is 1. The summed E-state index contributed by atoms with van der Waals surface area (Å²) in [7, 11) is 0. The monoisotopic (exact) mass is 397 g/mol. The molecule has 1 N–H and O–H groups in total. The van der Waals surface area contributed by atoms with E-state index >= 15 is 0 Å². The predicted octanol–water partition coefficient (Wildman–Crippen LogP) is 4.64. The van der Waals surface area contributed by atoms with Crippen molar-refractivity contribution in [3.8, 4) is 5.75 Å². The van der Waals surface area contributed by atoms with Gasteiger partial charge in [-0.1, -0.05) is 30.3 Å². The van der Waals surface area contributed by atoms with E-state index in [4.69, 9.17) is 9.47 Å². The summed E-state index contributed by atoms with van der Waals surface area (Å²) in [4.78, 5) is 15.9. The Hall–Kier alpha value is -2.93. The smallest absolute Gasteiger partial charge is 0.311 e. The van der Waals surface area contributed by atoms with Crippen molar-refractivity contribution in [2.75, 3.05) is 12.0 Å². The highest BCUT2D eigenvalue weighted by atomic mass is 32.1. The summed E-state index contributed by atoms with van der Waals surface area (Å²) in [6.45, 7) is 6.14. The first kappa shape index (κ1) is 19.8. The van der Waals surface area contributed by atoms with Crippen LogP contribution < -0.4 is 10.2 Å². The lowest BCUT2D eigenvalue weighted by Crippen LogP contribution is -2.08. The summed E-state index contributed by atoms with van der Waals surface area (Å²) in [6.07, 6.45) is 1.96. The SMILES string of the molecule is CCOC(=O)Cc1csc(NN=Cc2c(OC(C)C)ccc3ccccc23)n1. The Morgan fingerprint density at radius 3 is 2.89 bits per heavy atom. The van der Waals surface area contributed by atoms with Gasteiger partial charge in [0.05, 0.1) is 31.0 Å². The maximum Gasteiger partial charge on any atom is 0.311 e. The van der Waals surface area contributed by atoms with Crippen LogP contribution in [-0.4, -0.2) is 29.9 Å². The third kappa shape index (κ3) is 5.07. The maximum absolute atomic E-state index is 11.5. The van der Waals surface area contributed by atoms with Gasteiger partial charge in [0.2, 0.25) is 5.13 Å². The molecule has 0 radical (unpaired) electrons. The maximum atomic E-state index is 11.5. The molecule has 0 fully saturated rings. The minimum atomic E-state index is -0.283. The van der Waals surface area contributed by atoms with E-state index in [0.29, 0.717) is 17.4 Å². The number of nitrogens with zero attached hydrogens (tertiary/aromatic N) is 2. The first-order valence-electron chi connectivity index (χ1n) is 9.14. The quantitative estimate of drug-likeness (QED) is 0.341. The molecule has 2 aromatic carbocycles. The Labute approximate surface area is 168 Å². The molecule has 146 valence electrons. The van der Waals surface area contributed by atoms with Crippen LogP contribution in [0.2, 0.25) is 0 Å². The number of nitrogens with one attached hydrogen (secondary N) is 1. The van der Waals surface area contributed by atoms with Crippen LogP contribution in [-0.2, 0) is 16.0 Å². The van der Waals surface area contributed by atoms with Crippen LogP contribution in [0.25, 0.3) is 10.8 Å². The number of carbonyl (C=O) groups excluding carboxylic acids is 1. The Morgan fingerprint density at radius 2 is 2.11 bits per heavy atom. The number of benzene rings is 2. The summed E-state index contributed by atoms with van der Waals surface area (Å²) in [5.41, 5.74) is 4.50.